The van der Waals surface area contributed by atoms with Gasteiger partial charge in [-0.3, -0.25) is 10.2 Å². The molecule has 0 aliphatic carbocycles. The molecule has 1 aromatic carbocycles. The lowest BCUT2D eigenvalue weighted by atomic mass is 10.2. The molecule has 1 amide bonds. The van der Waals surface area contributed by atoms with Gasteiger partial charge in [-0.1, -0.05) is 41.9 Å². The summed E-state index contributed by atoms with van der Waals surface area (Å²) in [4.78, 5) is 12.2. The molecule has 0 radical (unpaired) electrons. The Balaban J connectivity index is 2.25. The molecule has 0 saturated heterocycles. The lowest BCUT2D eigenvalue weighted by molar-refractivity contribution is 0.101. The van der Waals surface area contributed by atoms with Gasteiger partial charge in [0.05, 0.1) is 10.6 Å². The summed E-state index contributed by atoms with van der Waals surface area (Å²) in [6.45, 7) is 3.76. The van der Waals surface area contributed by atoms with Crippen molar-refractivity contribution in [2.24, 2.45) is 0 Å². The Morgan fingerprint density at radius 3 is 2.80 bits per heavy atom. The summed E-state index contributed by atoms with van der Waals surface area (Å²) in [5, 5.41) is 9.34. The fourth-order valence-electron chi connectivity index (χ4n) is 1.53. The summed E-state index contributed by atoms with van der Waals surface area (Å²) in [6.07, 6.45) is 0. The average molecular weight is 331 g/mol. The van der Waals surface area contributed by atoms with Crippen LogP contribution in [-0.4, -0.2) is 26.5 Å². The van der Waals surface area contributed by atoms with Gasteiger partial charge >= 0.3 is 0 Å². The van der Waals surface area contributed by atoms with Crippen LogP contribution in [0.1, 0.15) is 23.1 Å². The maximum Gasteiger partial charge on any atom is 0.271 e. The van der Waals surface area contributed by atoms with Crippen molar-refractivity contribution in [3.63, 3.8) is 0 Å². The van der Waals surface area contributed by atoms with E-state index in [9.17, 15) is 4.79 Å². The predicted octanol–water partition coefficient (Wildman–Crippen LogP) is 3.39. The second-order valence-corrected chi connectivity index (χ2v) is 5.94. The standard InChI is InChI=1S/C12H12Cl2N4OS/c1-3-20-12-16-15-7(2)18(12)17-11(19)9-5-4-8(13)6-10(9)14/h4-6H,3H2,1-2H3,(H,17,19). The minimum atomic E-state index is -0.340. The average Bonchev–Trinajstić information content (AvgIpc) is 2.72. The monoisotopic (exact) mass is 330 g/mol. The number of hydrogen-bond acceptors (Lipinski definition) is 4. The minimum Gasteiger partial charge on any atom is -0.267 e. The van der Waals surface area contributed by atoms with Gasteiger partial charge in [-0.25, -0.2) is 4.68 Å². The number of carbonyl (C=O) groups excluding carboxylic acids is 1. The van der Waals surface area contributed by atoms with Crippen LogP contribution in [0, 0.1) is 6.92 Å². The first-order valence-electron chi connectivity index (χ1n) is 5.84. The SMILES string of the molecule is CCSc1nnc(C)n1NC(=O)c1ccc(Cl)cc1Cl. The van der Waals surface area contributed by atoms with Crippen LogP contribution in [0.4, 0.5) is 0 Å². The van der Waals surface area contributed by atoms with E-state index in [-0.39, 0.29) is 5.91 Å². The largest absolute Gasteiger partial charge is 0.271 e. The number of amides is 1. The molecule has 0 bridgehead atoms. The van der Waals surface area contributed by atoms with Gasteiger partial charge in [0.2, 0.25) is 5.16 Å². The van der Waals surface area contributed by atoms with E-state index in [0.717, 1.165) is 5.75 Å². The molecule has 1 aromatic heterocycles. The van der Waals surface area contributed by atoms with E-state index in [1.54, 1.807) is 23.7 Å². The molecule has 0 unspecified atom stereocenters. The topological polar surface area (TPSA) is 59.8 Å². The zero-order chi connectivity index (χ0) is 14.7. The number of aromatic nitrogens is 3. The molecule has 0 saturated carbocycles. The quantitative estimate of drug-likeness (QED) is 0.873. The highest BCUT2D eigenvalue weighted by molar-refractivity contribution is 7.99. The number of aryl methyl sites for hydroxylation is 1. The van der Waals surface area contributed by atoms with Gasteiger partial charge in [-0.15, -0.1) is 10.2 Å². The van der Waals surface area contributed by atoms with Crippen molar-refractivity contribution in [2.75, 3.05) is 11.2 Å². The number of rotatable bonds is 4. The van der Waals surface area contributed by atoms with Crippen LogP contribution < -0.4 is 5.43 Å². The van der Waals surface area contributed by atoms with Gasteiger partial charge in [-0.05, 0) is 30.9 Å². The van der Waals surface area contributed by atoms with E-state index in [1.165, 1.54) is 17.8 Å². The van der Waals surface area contributed by atoms with Crippen LogP contribution >= 0.6 is 35.0 Å². The highest BCUT2D eigenvalue weighted by atomic mass is 35.5. The van der Waals surface area contributed by atoms with E-state index >= 15 is 0 Å². The summed E-state index contributed by atoms with van der Waals surface area (Å²) in [7, 11) is 0. The highest BCUT2D eigenvalue weighted by Gasteiger charge is 2.15. The van der Waals surface area contributed by atoms with E-state index in [2.05, 4.69) is 15.6 Å². The smallest absolute Gasteiger partial charge is 0.267 e. The van der Waals surface area contributed by atoms with Crippen molar-refractivity contribution in [3.05, 3.63) is 39.6 Å². The number of thioether (sulfide) groups is 1. The van der Waals surface area contributed by atoms with Crippen LogP contribution in [0.3, 0.4) is 0 Å². The van der Waals surface area contributed by atoms with E-state index in [0.29, 0.717) is 26.6 Å². The number of carbonyl (C=O) groups is 1. The van der Waals surface area contributed by atoms with Crippen molar-refractivity contribution in [1.29, 1.82) is 0 Å². The summed E-state index contributed by atoms with van der Waals surface area (Å²) in [5.41, 5.74) is 3.07. The molecule has 2 rings (SSSR count). The molecule has 0 aliphatic heterocycles. The molecule has 1 N–H and O–H groups in total. The molecule has 1 heterocycles. The summed E-state index contributed by atoms with van der Waals surface area (Å²) in [5.74, 6) is 1.09. The Morgan fingerprint density at radius 2 is 2.15 bits per heavy atom. The zero-order valence-corrected chi connectivity index (χ0v) is 13.2. The molecular formula is C12H12Cl2N4OS. The molecule has 106 valence electrons. The van der Waals surface area contributed by atoms with Crippen LogP contribution in [0.25, 0.3) is 0 Å². The number of hydrogen-bond donors (Lipinski definition) is 1. The third-order valence-corrected chi connectivity index (χ3v) is 3.82. The second-order valence-electron chi connectivity index (χ2n) is 3.86. The van der Waals surface area contributed by atoms with E-state index < -0.39 is 0 Å². The highest BCUT2D eigenvalue weighted by Crippen LogP contribution is 2.21. The van der Waals surface area contributed by atoms with Crippen LogP contribution in [0.15, 0.2) is 23.4 Å². The van der Waals surface area contributed by atoms with Gasteiger partial charge in [0.25, 0.3) is 5.91 Å². The zero-order valence-electron chi connectivity index (χ0n) is 10.9. The molecule has 0 fully saturated rings. The van der Waals surface area contributed by atoms with E-state index in [4.69, 9.17) is 23.2 Å². The molecule has 5 nitrogen and oxygen atoms in total. The van der Waals surface area contributed by atoms with Gasteiger partial charge in [0, 0.05) is 5.02 Å². The first-order chi connectivity index (χ1) is 9.52. The summed E-state index contributed by atoms with van der Waals surface area (Å²) < 4.78 is 1.54. The molecule has 2 aromatic rings. The Bertz CT molecular complexity index is 644. The predicted molar refractivity (Wildman–Crippen MR) is 81.3 cm³/mol. The fraction of sp³-hybridized carbons (Fsp3) is 0.250. The van der Waals surface area contributed by atoms with Crippen molar-refractivity contribution in [3.8, 4) is 0 Å². The Labute approximate surface area is 130 Å². The van der Waals surface area contributed by atoms with Gasteiger partial charge in [0.1, 0.15) is 5.82 Å². The van der Waals surface area contributed by atoms with Crippen LogP contribution in [0.5, 0.6) is 0 Å². The number of halogens is 2. The Hall–Kier alpha value is -1.24. The Kier molecular flexibility index (Phi) is 4.91. The molecule has 20 heavy (non-hydrogen) atoms. The number of benzene rings is 1. The Morgan fingerprint density at radius 1 is 1.40 bits per heavy atom. The summed E-state index contributed by atoms with van der Waals surface area (Å²) >= 11 is 13.3. The van der Waals surface area contributed by atoms with Crippen molar-refractivity contribution < 1.29 is 4.79 Å². The first-order valence-corrected chi connectivity index (χ1v) is 7.58. The lowest BCUT2D eigenvalue weighted by Gasteiger charge is -2.10. The lowest BCUT2D eigenvalue weighted by Crippen LogP contribution is -2.25. The second kappa shape index (κ2) is 6.47. The summed E-state index contributed by atoms with van der Waals surface area (Å²) in [6, 6.07) is 4.72. The maximum atomic E-state index is 12.2. The number of nitrogens with zero attached hydrogens (tertiary/aromatic N) is 3. The molecule has 8 heteroatoms. The fourth-order valence-corrected chi connectivity index (χ4v) is 2.69. The minimum absolute atomic E-state index is 0.297. The third kappa shape index (κ3) is 3.26. The third-order valence-electron chi connectivity index (χ3n) is 2.46. The van der Waals surface area contributed by atoms with Gasteiger partial charge < -0.3 is 0 Å². The number of nitrogens with one attached hydrogen (secondary N) is 1. The van der Waals surface area contributed by atoms with Crippen LogP contribution in [0.2, 0.25) is 10.0 Å². The van der Waals surface area contributed by atoms with Crippen molar-refractivity contribution >= 4 is 40.9 Å². The molecule has 0 spiro atoms. The first kappa shape index (κ1) is 15.2. The van der Waals surface area contributed by atoms with Crippen molar-refractivity contribution in [1.82, 2.24) is 14.9 Å². The molecular weight excluding hydrogens is 319 g/mol. The molecule has 0 atom stereocenters. The van der Waals surface area contributed by atoms with Gasteiger partial charge in [0.15, 0.2) is 0 Å². The molecule has 0 aliphatic rings. The van der Waals surface area contributed by atoms with Crippen molar-refractivity contribution in [2.45, 2.75) is 19.0 Å². The van der Waals surface area contributed by atoms with Gasteiger partial charge in [-0.2, -0.15) is 0 Å². The van der Waals surface area contributed by atoms with Crippen LogP contribution in [-0.2, 0) is 0 Å². The maximum absolute atomic E-state index is 12.2. The van der Waals surface area contributed by atoms with E-state index in [1.807, 2.05) is 6.92 Å². The normalized spacial score (nSPS) is 10.6.